The standard InChI is InChI=1S/C19H25NO3/c1-22-16-10-8-15(9-11-16)20-18-7-5-3-2-4-6-13-23-14-12-17(18)19(20)21/h8-12,18H,2-7,13-14H2,1H3/b17-12-/t18-/m1/s1. The van der Waals surface area contributed by atoms with Gasteiger partial charge >= 0.3 is 0 Å². The van der Waals surface area contributed by atoms with Crippen LogP contribution in [-0.4, -0.2) is 32.3 Å². The molecule has 124 valence electrons. The molecule has 0 saturated carbocycles. The second-order valence-electron chi connectivity index (χ2n) is 6.18. The maximum Gasteiger partial charge on any atom is 0.256 e. The highest BCUT2D eigenvalue weighted by atomic mass is 16.5. The highest BCUT2D eigenvalue weighted by Gasteiger charge is 2.42. The van der Waals surface area contributed by atoms with E-state index in [1.165, 1.54) is 25.7 Å². The first-order valence-electron chi connectivity index (χ1n) is 8.56. The first kappa shape index (κ1) is 16.1. The molecule has 2 aliphatic rings. The number of amides is 1. The molecule has 0 radical (unpaired) electrons. The normalized spacial score (nSPS) is 25.3. The molecule has 1 fully saturated rings. The Morgan fingerprint density at radius 3 is 2.61 bits per heavy atom. The Balaban J connectivity index is 1.75. The van der Waals surface area contributed by atoms with Gasteiger partial charge in [-0.1, -0.05) is 25.7 Å². The summed E-state index contributed by atoms with van der Waals surface area (Å²) in [6.07, 6.45) is 9.03. The van der Waals surface area contributed by atoms with E-state index < -0.39 is 0 Å². The Labute approximate surface area is 138 Å². The summed E-state index contributed by atoms with van der Waals surface area (Å²) < 4.78 is 10.8. The van der Waals surface area contributed by atoms with Gasteiger partial charge in [-0.05, 0) is 43.2 Å². The number of rotatable bonds is 2. The third kappa shape index (κ3) is 3.58. The molecule has 4 heteroatoms. The molecule has 0 aliphatic carbocycles. The molecule has 0 unspecified atom stereocenters. The van der Waals surface area contributed by atoms with Crippen LogP contribution in [0.3, 0.4) is 0 Å². The lowest BCUT2D eigenvalue weighted by molar-refractivity contribution is -0.119. The number of anilines is 1. The molecule has 2 heterocycles. The predicted molar refractivity (Wildman–Crippen MR) is 90.9 cm³/mol. The molecule has 1 saturated heterocycles. The van der Waals surface area contributed by atoms with Crippen LogP contribution in [0.4, 0.5) is 5.69 Å². The summed E-state index contributed by atoms with van der Waals surface area (Å²) in [6, 6.07) is 7.92. The Hall–Kier alpha value is -1.81. The van der Waals surface area contributed by atoms with Crippen LogP contribution in [0, 0.1) is 0 Å². The Bertz CT molecular complexity index is 564. The van der Waals surface area contributed by atoms with Crippen molar-refractivity contribution in [2.24, 2.45) is 0 Å². The molecule has 1 aromatic carbocycles. The Morgan fingerprint density at radius 1 is 1.09 bits per heavy atom. The average Bonchev–Trinajstić information content (AvgIpc) is 2.57. The van der Waals surface area contributed by atoms with Gasteiger partial charge in [0, 0.05) is 17.9 Å². The highest BCUT2D eigenvalue weighted by molar-refractivity contribution is 6.15. The minimum Gasteiger partial charge on any atom is -0.497 e. The molecule has 0 bridgehead atoms. The number of fused-ring (bicyclic) bond motifs is 1. The van der Waals surface area contributed by atoms with Crippen LogP contribution < -0.4 is 9.64 Å². The average molecular weight is 315 g/mol. The van der Waals surface area contributed by atoms with Crippen molar-refractivity contribution in [1.82, 2.24) is 0 Å². The van der Waals surface area contributed by atoms with Crippen molar-refractivity contribution in [3.05, 3.63) is 35.9 Å². The molecule has 0 aromatic heterocycles. The van der Waals surface area contributed by atoms with Crippen LogP contribution in [0.25, 0.3) is 0 Å². The van der Waals surface area contributed by atoms with Crippen LogP contribution in [-0.2, 0) is 9.53 Å². The maximum atomic E-state index is 12.5. The zero-order valence-electron chi connectivity index (χ0n) is 13.8. The van der Waals surface area contributed by atoms with E-state index in [0.717, 1.165) is 36.5 Å². The van der Waals surface area contributed by atoms with E-state index in [4.69, 9.17) is 9.47 Å². The molecule has 1 atom stereocenters. The number of nitrogens with zero attached hydrogens (tertiary/aromatic N) is 1. The van der Waals surface area contributed by atoms with E-state index in [9.17, 15) is 4.79 Å². The van der Waals surface area contributed by atoms with Crippen molar-refractivity contribution >= 4 is 11.6 Å². The summed E-state index contributed by atoms with van der Waals surface area (Å²) in [5.41, 5.74) is 1.87. The smallest absolute Gasteiger partial charge is 0.256 e. The van der Waals surface area contributed by atoms with Gasteiger partial charge in [0.1, 0.15) is 5.75 Å². The van der Waals surface area contributed by atoms with Crippen molar-refractivity contribution in [3.63, 3.8) is 0 Å². The van der Waals surface area contributed by atoms with Gasteiger partial charge in [-0.25, -0.2) is 0 Å². The zero-order chi connectivity index (χ0) is 16.1. The fourth-order valence-corrected chi connectivity index (χ4v) is 3.35. The first-order valence-corrected chi connectivity index (χ1v) is 8.56. The summed E-state index contributed by atoms with van der Waals surface area (Å²) in [5, 5.41) is 0. The molecule has 4 nitrogen and oxygen atoms in total. The number of hydrogen-bond donors (Lipinski definition) is 0. The van der Waals surface area contributed by atoms with Gasteiger partial charge in [-0.15, -0.1) is 0 Å². The molecule has 1 amide bonds. The van der Waals surface area contributed by atoms with Crippen molar-refractivity contribution in [2.75, 3.05) is 25.2 Å². The fourth-order valence-electron chi connectivity index (χ4n) is 3.35. The molecule has 2 aliphatic heterocycles. The number of carbonyl (C=O) groups is 1. The van der Waals surface area contributed by atoms with Gasteiger partial charge in [-0.2, -0.15) is 0 Å². The minimum absolute atomic E-state index is 0.112. The van der Waals surface area contributed by atoms with E-state index >= 15 is 0 Å². The van der Waals surface area contributed by atoms with Crippen LogP contribution in [0.15, 0.2) is 35.9 Å². The third-order valence-corrected chi connectivity index (χ3v) is 4.67. The van der Waals surface area contributed by atoms with Gasteiger partial charge in [-0.3, -0.25) is 4.79 Å². The number of carbonyl (C=O) groups excluding carboxylic acids is 1. The summed E-state index contributed by atoms with van der Waals surface area (Å²) >= 11 is 0. The van der Waals surface area contributed by atoms with Gasteiger partial charge in [0.2, 0.25) is 0 Å². The summed E-state index contributed by atoms with van der Waals surface area (Å²) in [5.74, 6) is 0.922. The summed E-state index contributed by atoms with van der Waals surface area (Å²) in [7, 11) is 1.65. The monoisotopic (exact) mass is 315 g/mol. The van der Waals surface area contributed by atoms with Crippen LogP contribution in [0.2, 0.25) is 0 Å². The first-order chi connectivity index (χ1) is 11.3. The van der Waals surface area contributed by atoms with Crippen LogP contribution >= 0.6 is 0 Å². The lowest BCUT2D eigenvalue weighted by atomic mass is 9.88. The SMILES string of the molecule is COc1ccc(N2C(=O)/C3=C\COCCCCCCC[C@H]32)cc1. The van der Waals surface area contributed by atoms with Gasteiger partial charge < -0.3 is 14.4 Å². The molecular weight excluding hydrogens is 290 g/mol. The highest BCUT2D eigenvalue weighted by Crippen LogP contribution is 2.36. The van der Waals surface area contributed by atoms with Crippen molar-refractivity contribution in [2.45, 2.75) is 44.6 Å². The largest absolute Gasteiger partial charge is 0.497 e. The quantitative estimate of drug-likeness (QED) is 0.781. The number of benzene rings is 1. The van der Waals surface area contributed by atoms with E-state index in [0.29, 0.717) is 6.61 Å². The van der Waals surface area contributed by atoms with Gasteiger partial charge in [0.25, 0.3) is 5.91 Å². The lowest BCUT2D eigenvalue weighted by Gasteiger charge is -2.43. The predicted octanol–water partition coefficient (Wildman–Crippen LogP) is 3.71. The molecule has 23 heavy (non-hydrogen) atoms. The molecule has 3 rings (SSSR count). The third-order valence-electron chi connectivity index (χ3n) is 4.67. The number of ether oxygens (including phenoxy) is 2. The van der Waals surface area contributed by atoms with Crippen molar-refractivity contribution in [1.29, 1.82) is 0 Å². The second-order valence-corrected chi connectivity index (χ2v) is 6.18. The van der Waals surface area contributed by atoms with E-state index in [1.807, 2.05) is 35.2 Å². The van der Waals surface area contributed by atoms with Crippen molar-refractivity contribution < 1.29 is 14.3 Å². The molecule has 1 aromatic rings. The lowest BCUT2D eigenvalue weighted by Crippen LogP contribution is -2.55. The van der Waals surface area contributed by atoms with Crippen LogP contribution in [0.5, 0.6) is 5.75 Å². The molecule has 0 spiro atoms. The van der Waals surface area contributed by atoms with E-state index in [1.54, 1.807) is 7.11 Å². The number of methoxy groups -OCH3 is 1. The Kier molecular flexibility index (Phi) is 5.34. The van der Waals surface area contributed by atoms with E-state index in [-0.39, 0.29) is 11.9 Å². The zero-order valence-corrected chi connectivity index (χ0v) is 13.8. The molecule has 0 N–H and O–H groups in total. The van der Waals surface area contributed by atoms with Crippen LogP contribution in [0.1, 0.15) is 38.5 Å². The van der Waals surface area contributed by atoms with E-state index in [2.05, 4.69) is 0 Å². The Morgan fingerprint density at radius 2 is 1.83 bits per heavy atom. The second kappa shape index (κ2) is 7.64. The maximum absolute atomic E-state index is 12.5. The number of β-lactam (4-membered cyclic amide) rings is 1. The van der Waals surface area contributed by atoms with Crippen molar-refractivity contribution in [3.8, 4) is 5.75 Å². The minimum atomic E-state index is 0.112. The summed E-state index contributed by atoms with van der Waals surface area (Å²) in [4.78, 5) is 14.5. The number of hydrogen-bond acceptors (Lipinski definition) is 3. The molecular formula is C19H25NO3. The van der Waals surface area contributed by atoms with Gasteiger partial charge in [0.15, 0.2) is 0 Å². The fraction of sp³-hybridized carbons (Fsp3) is 0.526. The topological polar surface area (TPSA) is 38.8 Å². The summed E-state index contributed by atoms with van der Waals surface area (Å²) in [6.45, 7) is 1.35. The van der Waals surface area contributed by atoms with Gasteiger partial charge in [0.05, 0.1) is 19.8 Å².